The van der Waals surface area contributed by atoms with Crippen LogP contribution in [-0.4, -0.2) is 10.8 Å². The summed E-state index contributed by atoms with van der Waals surface area (Å²) in [4.78, 5) is 4.05. The van der Waals surface area contributed by atoms with Crippen LogP contribution < -0.4 is 5.73 Å². The third kappa shape index (κ3) is 3.00. The molecule has 3 N–H and O–H groups in total. The van der Waals surface area contributed by atoms with Crippen molar-refractivity contribution < 1.29 is 0 Å². The van der Waals surface area contributed by atoms with Crippen molar-refractivity contribution in [2.45, 2.75) is 26.2 Å². The number of nitrogens with two attached hydrogens (primary N) is 1. The fourth-order valence-electron chi connectivity index (χ4n) is 0.997. The van der Waals surface area contributed by atoms with Gasteiger partial charge in [0.25, 0.3) is 0 Å². The second-order valence-corrected chi connectivity index (χ2v) is 4.13. The van der Waals surface area contributed by atoms with Gasteiger partial charge in [0.15, 0.2) is 0 Å². The van der Waals surface area contributed by atoms with E-state index in [0.29, 0.717) is 5.56 Å². The van der Waals surface area contributed by atoms with E-state index in [2.05, 4.69) is 25.8 Å². The molecule has 4 heteroatoms. The van der Waals surface area contributed by atoms with Crippen LogP contribution in [0.3, 0.4) is 0 Å². The SMILES string of the molecule is CC(C)(C)c1cncc(C(=N)N)c1.Cl. The van der Waals surface area contributed by atoms with E-state index >= 15 is 0 Å². The summed E-state index contributed by atoms with van der Waals surface area (Å²) in [6.07, 6.45) is 3.42. The minimum absolute atomic E-state index is 0. The molecule has 0 radical (unpaired) electrons. The monoisotopic (exact) mass is 213 g/mol. The van der Waals surface area contributed by atoms with E-state index in [1.54, 1.807) is 6.20 Å². The summed E-state index contributed by atoms with van der Waals surface area (Å²) < 4.78 is 0. The number of rotatable bonds is 1. The molecule has 0 aromatic carbocycles. The minimum Gasteiger partial charge on any atom is -0.384 e. The number of amidine groups is 1. The van der Waals surface area contributed by atoms with Gasteiger partial charge in [0.1, 0.15) is 5.84 Å². The Labute approximate surface area is 90.7 Å². The molecule has 14 heavy (non-hydrogen) atoms. The number of nitrogen functional groups attached to an aromatic ring is 1. The maximum absolute atomic E-state index is 7.27. The Morgan fingerprint density at radius 3 is 2.36 bits per heavy atom. The number of nitrogens with one attached hydrogen (secondary N) is 1. The zero-order valence-electron chi connectivity index (χ0n) is 8.66. The molecule has 3 nitrogen and oxygen atoms in total. The Morgan fingerprint density at radius 1 is 1.36 bits per heavy atom. The molecule has 78 valence electrons. The van der Waals surface area contributed by atoms with Crippen LogP contribution in [0.1, 0.15) is 31.9 Å². The maximum Gasteiger partial charge on any atom is 0.124 e. The molecular weight excluding hydrogens is 198 g/mol. The number of halogens is 1. The Morgan fingerprint density at radius 2 is 1.93 bits per heavy atom. The first-order valence-electron chi connectivity index (χ1n) is 4.21. The summed E-state index contributed by atoms with van der Waals surface area (Å²) in [5.74, 6) is 0.0681. The van der Waals surface area contributed by atoms with Crippen molar-refractivity contribution in [3.05, 3.63) is 29.6 Å². The lowest BCUT2D eigenvalue weighted by Gasteiger charge is -2.18. The van der Waals surface area contributed by atoms with Gasteiger partial charge in [-0.05, 0) is 17.0 Å². The van der Waals surface area contributed by atoms with Gasteiger partial charge in [-0.2, -0.15) is 0 Å². The average molecular weight is 214 g/mol. The Hall–Kier alpha value is -1.09. The molecule has 0 unspecified atom stereocenters. The van der Waals surface area contributed by atoms with Crippen LogP contribution in [0.2, 0.25) is 0 Å². The number of hydrogen-bond donors (Lipinski definition) is 2. The van der Waals surface area contributed by atoms with Gasteiger partial charge in [0.2, 0.25) is 0 Å². The number of hydrogen-bond acceptors (Lipinski definition) is 2. The van der Waals surface area contributed by atoms with E-state index in [1.165, 1.54) is 0 Å². The second kappa shape index (κ2) is 4.42. The lowest BCUT2D eigenvalue weighted by molar-refractivity contribution is 0.587. The van der Waals surface area contributed by atoms with Gasteiger partial charge in [-0.15, -0.1) is 12.4 Å². The normalized spacial score (nSPS) is 10.5. The fraction of sp³-hybridized carbons (Fsp3) is 0.400. The van der Waals surface area contributed by atoms with Crippen molar-refractivity contribution in [1.82, 2.24) is 4.98 Å². The summed E-state index contributed by atoms with van der Waals surface area (Å²) in [5.41, 5.74) is 7.21. The molecule has 0 amide bonds. The molecule has 1 aromatic heterocycles. The topological polar surface area (TPSA) is 62.8 Å². The molecule has 0 aliphatic rings. The van der Waals surface area contributed by atoms with Gasteiger partial charge < -0.3 is 5.73 Å². The fourth-order valence-corrected chi connectivity index (χ4v) is 0.997. The van der Waals surface area contributed by atoms with Gasteiger partial charge in [0, 0.05) is 18.0 Å². The summed E-state index contributed by atoms with van der Waals surface area (Å²) in [7, 11) is 0. The highest BCUT2D eigenvalue weighted by atomic mass is 35.5. The molecule has 1 aromatic rings. The van der Waals surface area contributed by atoms with Gasteiger partial charge in [-0.3, -0.25) is 10.4 Å². The van der Waals surface area contributed by atoms with E-state index in [4.69, 9.17) is 11.1 Å². The summed E-state index contributed by atoms with van der Waals surface area (Å²) in [6.45, 7) is 6.32. The summed E-state index contributed by atoms with van der Waals surface area (Å²) in [6, 6.07) is 1.91. The molecule has 0 saturated heterocycles. The third-order valence-electron chi connectivity index (χ3n) is 1.92. The number of pyridine rings is 1. The third-order valence-corrected chi connectivity index (χ3v) is 1.92. The van der Waals surface area contributed by atoms with Crippen molar-refractivity contribution in [3.8, 4) is 0 Å². The Bertz CT molecular complexity index is 328. The van der Waals surface area contributed by atoms with Gasteiger partial charge in [0.05, 0.1) is 0 Å². The molecule has 0 atom stereocenters. The molecule has 0 bridgehead atoms. The van der Waals surface area contributed by atoms with Crippen LogP contribution in [0, 0.1) is 5.41 Å². The Balaban J connectivity index is 0.00000169. The quantitative estimate of drug-likeness (QED) is 0.554. The van der Waals surface area contributed by atoms with E-state index in [9.17, 15) is 0 Å². The minimum atomic E-state index is 0. The first kappa shape index (κ1) is 12.9. The van der Waals surface area contributed by atoms with Crippen LogP contribution in [0.5, 0.6) is 0 Å². The summed E-state index contributed by atoms with van der Waals surface area (Å²) in [5, 5.41) is 7.27. The van der Waals surface area contributed by atoms with Gasteiger partial charge in [-0.1, -0.05) is 20.8 Å². The van der Waals surface area contributed by atoms with Crippen molar-refractivity contribution >= 4 is 18.2 Å². The lowest BCUT2D eigenvalue weighted by Crippen LogP contribution is -2.16. The smallest absolute Gasteiger partial charge is 0.124 e. The molecule has 1 heterocycles. The summed E-state index contributed by atoms with van der Waals surface area (Å²) >= 11 is 0. The van der Waals surface area contributed by atoms with E-state index in [0.717, 1.165) is 5.56 Å². The van der Waals surface area contributed by atoms with Crippen molar-refractivity contribution in [2.75, 3.05) is 0 Å². The Kier molecular flexibility index (Phi) is 4.08. The molecule has 0 aliphatic carbocycles. The van der Waals surface area contributed by atoms with E-state index in [1.807, 2.05) is 12.3 Å². The van der Waals surface area contributed by atoms with Crippen LogP contribution >= 0.6 is 12.4 Å². The molecule has 0 saturated carbocycles. The van der Waals surface area contributed by atoms with Crippen molar-refractivity contribution in [2.24, 2.45) is 5.73 Å². The maximum atomic E-state index is 7.27. The molecule has 0 fully saturated rings. The average Bonchev–Trinajstić information content (AvgIpc) is 2.03. The highest BCUT2D eigenvalue weighted by molar-refractivity contribution is 5.94. The molecule has 0 aliphatic heterocycles. The zero-order valence-corrected chi connectivity index (χ0v) is 9.48. The van der Waals surface area contributed by atoms with Crippen molar-refractivity contribution in [3.63, 3.8) is 0 Å². The van der Waals surface area contributed by atoms with Crippen LogP contribution in [0.15, 0.2) is 18.5 Å². The number of aromatic nitrogens is 1. The number of nitrogens with zero attached hydrogens (tertiary/aromatic N) is 1. The first-order valence-corrected chi connectivity index (χ1v) is 4.21. The highest BCUT2D eigenvalue weighted by Gasteiger charge is 2.14. The largest absolute Gasteiger partial charge is 0.384 e. The van der Waals surface area contributed by atoms with Crippen LogP contribution in [0.25, 0.3) is 0 Å². The van der Waals surface area contributed by atoms with E-state index in [-0.39, 0.29) is 23.7 Å². The van der Waals surface area contributed by atoms with Gasteiger partial charge >= 0.3 is 0 Å². The standard InChI is InChI=1S/C10H15N3.ClH/c1-10(2,3)8-4-7(9(11)12)5-13-6-8;/h4-6H,1-3H3,(H3,11,12);1H. The van der Waals surface area contributed by atoms with E-state index < -0.39 is 0 Å². The van der Waals surface area contributed by atoms with Crippen LogP contribution in [0.4, 0.5) is 0 Å². The predicted molar refractivity (Wildman–Crippen MR) is 61.2 cm³/mol. The van der Waals surface area contributed by atoms with Crippen LogP contribution in [-0.2, 0) is 5.41 Å². The predicted octanol–water partition coefficient (Wildman–Crippen LogP) is 2.08. The second-order valence-electron chi connectivity index (χ2n) is 4.13. The molecule has 0 spiro atoms. The van der Waals surface area contributed by atoms with Crippen molar-refractivity contribution in [1.29, 1.82) is 5.41 Å². The molecule has 1 rings (SSSR count). The highest BCUT2D eigenvalue weighted by Crippen LogP contribution is 2.21. The molecular formula is C10H16ClN3. The zero-order chi connectivity index (χ0) is 10.1. The van der Waals surface area contributed by atoms with Gasteiger partial charge in [-0.25, -0.2) is 0 Å². The lowest BCUT2D eigenvalue weighted by atomic mass is 9.87. The first-order chi connectivity index (χ1) is 5.91.